The minimum Gasteiger partial charge on any atom is -0.351 e. The summed E-state index contributed by atoms with van der Waals surface area (Å²) in [5, 5.41) is 5.36. The van der Waals surface area contributed by atoms with Crippen molar-refractivity contribution in [1.82, 2.24) is 10.0 Å². The van der Waals surface area contributed by atoms with Gasteiger partial charge in [0.1, 0.15) is 0 Å². The highest BCUT2D eigenvalue weighted by atomic mass is 32.2. The van der Waals surface area contributed by atoms with E-state index in [4.69, 9.17) is 0 Å². The lowest BCUT2D eigenvalue weighted by Crippen LogP contribution is -2.34. The zero-order chi connectivity index (χ0) is 24.2. The number of hydrogen-bond acceptors (Lipinski definition) is 5. The smallest absolute Gasteiger partial charge is 0.251 e. The first kappa shape index (κ1) is 24.4. The van der Waals surface area contributed by atoms with Gasteiger partial charge in [-0.1, -0.05) is 6.92 Å². The summed E-state index contributed by atoms with van der Waals surface area (Å²) in [5.41, 5.74) is 2.55. The molecule has 2 aromatic carbocycles. The third-order valence-corrected chi connectivity index (χ3v) is 6.83. The summed E-state index contributed by atoms with van der Waals surface area (Å²) in [6.45, 7) is 5.28. The van der Waals surface area contributed by atoms with Crippen molar-refractivity contribution in [2.45, 2.75) is 44.6 Å². The highest BCUT2D eigenvalue weighted by Gasteiger charge is 2.30. The summed E-state index contributed by atoms with van der Waals surface area (Å²) in [6, 6.07) is 11.1. The summed E-state index contributed by atoms with van der Waals surface area (Å²) in [5.74, 6) is -0.543. The Labute approximate surface area is 193 Å². The molecule has 0 bridgehead atoms. The van der Waals surface area contributed by atoms with Crippen LogP contribution in [0.1, 0.15) is 43.1 Å². The third-order valence-electron chi connectivity index (χ3n) is 5.37. The van der Waals surface area contributed by atoms with Crippen LogP contribution in [0.3, 0.4) is 0 Å². The topological polar surface area (TPSA) is 125 Å². The van der Waals surface area contributed by atoms with Crippen molar-refractivity contribution in [3.8, 4) is 0 Å². The van der Waals surface area contributed by atoms with Gasteiger partial charge in [-0.05, 0) is 61.4 Å². The molecule has 2 aromatic rings. The van der Waals surface area contributed by atoms with Crippen LogP contribution in [0.4, 0.5) is 11.4 Å². The van der Waals surface area contributed by atoms with Gasteiger partial charge in [0.25, 0.3) is 5.91 Å². The second-order valence-corrected chi connectivity index (χ2v) is 9.63. The van der Waals surface area contributed by atoms with Gasteiger partial charge in [-0.3, -0.25) is 14.4 Å². The van der Waals surface area contributed by atoms with Crippen molar-refractivity contribution in [3.05, 3.63) is 53.6 Å². The molecule has 1 atom stereocenters. The van der Waals surface area contributed by atoms with Gasteiger partial charge in [0.05, 0.1) is 4.90 Å². The predicted octanol–water partition coefficient (Wildman–Crippen LogP) is 2.04. The molecular formula is C23H28N4O5S. The standard InChI is InChI=1S/C23H28N4O5S/c1-4-22(29)26-19-7-5-17(6-8-19)23(30)24-11-12-25-33(31,32)20-9-10-21-18(14-20)13-15(2)27(21)16(3)28/h5-10,14-15,25H,4,11-13H2,1-3H3,(H,24,30)(H,26,29). The lowest BCUT2D eigenvalue weighted by atomic mass is 10.1. The molecule has 0 fully saturated rings. The van der Waals surface area contributed by atoms with E-state index in [2.05, 4.69) is 15.4 Å². The Bertz CT molecular complexity index is 1160. The van der Waals surface area contributed by atoms with E-state index in [1.54, 1.807) is 48.2 Å². The number of hydrogen-bond donors (Lipinski definition) is 3. The molecular weight excluding hydrogens is 444 g/mol. The maximum Gasteiger partial charge on any atom is 0.251 e. The lowest BCUT2D eigenvalue weighted by molar-refractivity contribution is -0.117. The van der Waals surface area contributed by atoms with E-state index in [1.807, 2.05) is 6.92 Å². The highest BCUT2D eigenvalue weighted by Crippen LogP contribution is 2.33. The van der Waals surface area contributed by atoms with Gasteiger partial charge in [0.2, 0.25) is 21.8 Å². The average molecular weight is 473 g/mol. The summed E-state index contributed by atoms with van der Waals surface area (Å²) in [4.78, 5) is 37.3. The van der Waals surface area contributed by atoms with Crippen molar-refractivity contribution < 1.29 is 22.8 Å². The monoisotopic (exact) mass is 472 g/mol. The molecule has 0 radical (unpaired) electrons. The van der Waals surface area contributed by atoms with Gasteiger partial charge in [-0.15, -0.1) is 0 Å². The molecule has 33 heavy (non-hydrogen) atoms. The number of benzene rings is 2. The van der Waals surface area contributed by atoms with Gasteiger partial charge in [-0.25, -0.2) is 13.1 Å². The molecule has 9 nitrogen and oxygen atoms in total. The minimum absolute atomic E-state index is 0.0180. The van der Waals surface area contributed by atoms with E-state index in [1.165, 1.54) is 13.0 Å². The Morgan fingerprint density at radius 3 is 2.39 bits per heavy atom. The van der Waals surface area contributed by atoms with Crippen LogP contribution in [-0.2, 0) is 26.0 Å². The number of nitrogens with one attached hydrogen (secondary N) is 3. The van der Waals surface area contributed by atoms with Gasteiger partial charge < -0.3 is 15.5 Å². The SMILES string of the molecule is CCC(=O)Nc1ccc(C(=O)NCCNS(=O)(=O)c2ccc3c(c2)CC(C)N3C(C)=O)cc1. The molecule has 1 unspecified atom stereocenters. The molecule has 0 spiro atoms. The Morgan fingerprint density at radius 2 is 1.76 bits per heavy atom. The average Bonchev–Trinajstić information content (AvgIpc) is 3.12. The second-order valence-electron chi connectivity index (χ2n) is 7.87. The number of carbonyl (C=O) groups excluding carboxylic acids is 3. The van der Waals surface area contributed by atoms with E-state index >= 15 is 0 Å². The molecule has 3 N–H and O–H groups in total. The summed E-state index contributed by atoms with van der Waals surface area (Å²) in [7, 11) is -3.76. The molecule has 3 rings (SSSR count). The summed E-state index contributed by atoms with van der Waals surface area (Å²) >= 11 is 0. The molecule has 0 saturated heterocycles. The third kappa shape index (κ3) is 5.77. The zero-order valence-electron chi connectivity index (χ0n) is 18.8. The van der Waals surface area contributed by atoms with E-state index in [-0.39, 0.29) is 41.7 Å². The van der Waals surface area contributed by atoms with Gasteiger partial charge in [0.15, 0.2) is 0 Å². The van der Waals surface area contributed by atoms with Crippen LogP contribution in [0.15, 0.2) is 47.4 Å². The first-order valence-electron chi connectivity index (χ1n) is 10.7. The Kier molecular flexibility index (Phi) is 7.50. The molecule has 0 aliphatic carbocycles. The van der Waals surface area contributed by atoms with Crippen molar-refractivity contribution >= 4 is 39.1 Å². The fraction of sp³-hybridized carbons (Fsp3) is 0.348. The fourth-order valence-corrected chi connectivity index (χ4v) is 4.84. The number of amides is 3. The molecule has 10 heteroatoms. The van der Waals surface area contributed by atoms with Gasteiger partial charge in [-0.2, -0.15) is 0 Å². The Balaban J connectivity index is 1.53. The Hall–Kier alpha value is -3.24. The van der Waals surface area contributed by atoms with Crippen molar-refractivity contribution in [3.63, 3.8) is 0 Å². The molecule has 0 aromatic heterocycles. The van der Waals surface area contributed by atoms with Gasteiger partial charge in [0, 0.05) is 49.4 Å². The number of fused-ring (bicyclic) bond motifs is 1. The Morgan fingerprint density at radius 1 is 1.06 bits per heavy atom. The van der Waals surface area contributed by atoms with Crippen LogP contribution >= 0.6 is 0 Å². The van der Waals surface area contributed by atoms with Crippen molar-refractivity contribution in [2.24, 2.45) is 0 Å². The molecule has 0 saturated carbocycles. The zero-order valence-corrected chi connectivity index (χ0v) is 19.7. The molecule has 1 aliphatic heterocycles. The summed E-state index contributed by atoms with van der Waals surface area (Å²) < 4.78 is 27.8. The number of anilines is 2. The van der Waals surface area contributed by atoms with E-state index < -0.39 is 10.0 Å². The van der Waals surface area contributed by atoms with Crippen LogP contribution in [-0.4, -0.2) is 45.3 Å². The summed E-state index contributed by atoms with van der Waals surface area (Å²) in [6.07, 6.45) is 0.953. The van der Waals surface area contributed by atoms with E-state index in [0.29, 0.717) is 24.1 Å². The van der Waals surface area contributed by atoms with Crippen molar-refractivity contribution in [1.29, 1.82) is 0 Å². The van der Waals surface area contributed by atoms with Crippen LogP contribution < -0.4 is 20.3 Å². The van der Waals surface area contributed by atoms with E-state index in [0.717, 1.165) is 11.3 Å². The first-order chi connectivity index (χ1) is 15.6. The molecule has 176 valence electrons. The predicted molar refractivity (Wildman–Crippen MR) is 126 cm³/mol. The molecule has 3 amide bonds. The van der Waals surface area contributed by atoms with Gasteiger partial charge >= 0.3 is 0 Å². The maximum absolute atomic E-state index is 12.7. The maximum atomic E-state index is 12.7. The lowest BCUT2D eigenvalue weighted by Gasteiger charge is -2.20. The first-order valence-corrected chi connectivity index (χ1v) is 12.2. The van der Waals surface area contributed by atoms with Crippen LogP contribution in [0.5, 0.6) is 0 Å². The number of carbonyl (C=O) groups is 3. The van der Waals surface area contributed by atoms with Crippen LogP contribution in [0.25, 0.3) is 0 Å². The molecule has 1 heterocycles. The van der Waals surface area contributed by atoms with Crippen LogP contribution in [0.2, 0.25) is 0 Å². The van der Waals surface area contributed by atoms with Crippen molar-refractivity contribution in [2.75, 3.05) is 23.3 Å². The minimum atomic E-state index is -3.76. The number of nitrogens with zero attached hydrogens (tertiary/aromatic N) is 1. The largest absolute Gasteiger partial charge is 0.351 e. The fourth-order valence-electron chi connectivity index (χ4n) is 3.76. The highest BCUT2D eigenvalue weighted by molar-refractivity contribution is 7.89. The number of rotatable bonds is 8. The number of sulfonamides is 1. The molecule has 1 aliphatic rings. The van der Waals surface area contributed by atoms with E-state index in [9.17, 15) is 22.8 Å². The second kappa shape index (κ2) is 10.1. The quantitative estimate of drug-likeness (QED) is 0.507. The van der Waals surface area contributed by atoms with Crippen LogP contribution in [0, 0.1) is 0 Å². The normalized spacial score (nSPS) is 15.1.